The first kappa shape index (κ1) is 15.9. The molecule has 23 heavy (non-hydrogen) atoms. The lowest BCUT2D eigenvalue weighted by Gasteiger charge is -2.15. The van der Waals surface area contributed by atoms with Crippen LogP contribution in [0.4, 0.5) is 0 Å². The topological polar surface area (TPSA) is 90.0 Å². The second-order valence-corrected chi connectivity index (χ2v) is 7.42. The van der Waals surface area contributed by atoms with Crippen molar-refractivity contribution >= 4 is 22.0 Å². The first-order chi connectivity index (χ1) is 11.0. The van der Waals surface area contributed by atoms with E-state index in [1.165, 1.54) is 28.6 Å². The molecule has 0 aromatic heterocycles. The molecule has 2 fully saturated rings. The number of hydrogen-bond donors (Lipinski definition) is 0. The van der Waals surface area contributed by atoms with E-state index in [9.17, 15) is 18.0 Å². The number of rotatable bonds is 4. The zero-order valence-corrected chi connectivity index (χ0v) is 13.3. The van der Waals surface area contributed by atoms with Crippen LogP contribution in [0.3, 0.4) is 0 Å². The molecule has 2 saturated heterocycles. The molecule has 0 amide bonds. The van der Waals surface area contributed by atoms with Crippen molar-refractivity contribution in [1.82, 2.24) is 4.31 Å². The molecule has 124 valence electrons. The average molecular weight is 339 g/mol. The van der Waals surface area contributed by atoms with E-state index < -0.39 is 28.1 Å². The molecule has 7 nitrogen and oxygen atoms in total. The number of nitrogens with zero attached hydrogens (tertiary/aromatic N) is 1. The summed E-state index contributed by atoms with van der Waals surface area (Å²) in [5.74, 6) is -1.22. The van der Waals surface area contributed by atoms with E-state index in [4.69, 9.17) is 9.47 Å². The highest BCUT2D eigenvalue weighted by Crippen LogP contribution is 2.21. The Morgan fingerprint density at radius 3 is 2.39 bits per heavy atom. The van der Waals surface area contributed by atoms with Crippen LogP contribution < -0.4 is 0 Å². The predicted octanol–water partition coefficient (Wildman–Crippen LogP) is 0.943. The van der Waals surface area contributed by atoms with Gasteiger partial charge in [-0.25, -0.2) is 18.0 Å². The first-order valence-corrected chi connectivity index (χ1v) is 8.90. The fourth-order valence-electron chi connectivity index (χ4n) is 2.62. The molecule has 8 heteroatoms. The molecule has 3 rings (SSSR count). The lowest BCUT2D eigenvalue weighted by molar-refractivity contribution is -0.145. The van der Waals surface area contributed by atoms with Crippen molar-refractivity contribution in [3.8, 4) is 0 Å². The molecule has 1 unspecified atom stereocenters. The molecular weight excluding hydrogens is 322 g/mol. The normalized spacial score (nSPS) is 22.1. The third-order valence-electron chi connectivity index (χ3n) is 3.93. The van der Waals surface area contributed by atoms with Crippen molar-refractivity contribution in [2.24, 2.45) is 0 Å². The Kier molecular flexibility index (Phi) is 4.36. The molecule has 2 heterocycles. The SMILES string of the molecule is O=C(OC1CCOC1=O)c1ccc(S(=O)(=O)N2CCCC2)cc1. The van der Waals surface area contributed by atoms with Crippen molar-refractivity contribution in [2.75, 3.05) is 19.7 Å². The predicted molar refractivity (Wildman–Crippen MR) is 79.2 cm³/mol. The number of sulfonamides is 1. The van der Waals surface area contributed by atoms with E-state index in [0.29, 0.717) is 19.5 Å². The Labute approximate surface area is 134 Å². The Morgan fingerprint density at radius 2 is 1.83 bits per heavy atom. The molecule has 1 aromatic carbocycles. The van der Waals surface area contributed by atoms with Gasteiger partial charge in [0.15, 0.2) is 0 Å². The maximum Gasteiger partial charge on any atom is 0.347 e. The Bertz CT molecular complexity index is 706. The summed E-state index contributed by atoms with van der Waals surface area (Å²) in [6.07, 6.45) is 1.18. The van der Waals surface area contributed by atoms with Gasteiger partial charge in [0.05, 0.1) is 17.1 Å². The lowest BCUT2D eigenvalue weighted by atomic mass is 10.2. The molecule has 2 aliphatic rings. The van der Waals surface area contributed by atoms with Gasteiger partial charge in [-0.15, -0.1) is 0 Å². The van der Waals surface area contributed by atoms with Gasteiger partial charge in [-0.3, -0.25) is 0 Å². The van der Waals surface area contributed by atoms with E-state index in [-0.39, 0.29) is 17.1 Å². The smallest absolute Gasteiger partial charge is 0.347 e. The lowest BCUT2D eigenvalue weighted by Crippen LogP contribution is -2.28. The highest BCUT2D eigenvalue weighted by atomic mass is 32.2. The second kappa shape index (κ2) is 6.29. The van der Waals surface area contributed by atoms with Gasteiger partial charge in [0.2, 0.25) is 16.1 Å². The maximum absolute atomic E-state index is 12.4. The third kappa shape index (κ3) is 3.23. The van der Waals surface area contributed by atoms with Crippen LogP contribution in [0, 0.1) is 0 Å². The summed E-state index contributed by atoms with van der Waals surface area (Å²) in [7, 11) is -3.51. The summed E-state index contributed by atoms with van der Waals surface area (Å²) in [6, 6.07) is 5.56. The quantitative estimate of drug-likeness (QED) is 0.759. The number of benzene rings is 1. The number of cyclic esters (lactones) is 1. The Balaban J connectivity index is 1.71. The summed E-state index contributed by atoms with van der Waals surface area (Å²) in [6.45, 7) is 1.29. The van der Waals surface area contributed by atoms with Crippen LogP contribution in [-0.4, -0.2) is 50.5 Å². The summed E-state index contributed by atoms with van der Waals surface area (Å²) in [4.78, 5) is 23.4. The molecule has 0 radical (unpaired) electrons. The molecule has 0 saturated carbocycles. The fraction of sp³-hybridized carbons (Fsp3) is 0.467. The Hall–Kier alpha value is -1.93. The van der Waals surface area contributed by atoms with Gasteiger partial charge in [0.25, 0.3) is 0 Å². The molecule has 0 aliphatic carbocycles. The second-order valence-electron chi connectivity index (χ2n) is 5.49. The van der Waals surface area contributed by atoms with Gasteiger partial charge < -0.3 is 9.47 Å². The maximum atomic E-state index is 12.4. The van der Waals surface area contributed by atoms with Crippen molar-refractivity contribution < 1.29 is 27.5 Å². The number of carbonyl (C=O) groups excluding carboxylic acids is 2. The van der Waals surface area contributed by atoms with Gasteiger partial charge >= 0.3 is 11.9 Å². The van der Waals surface area contributed by atoms with E-state index in [1.807, 2.05) is 0 Å². The molecule has 2 aliphatic heterocycles. The van der Waals surface area contributed by atoms with E-state index in [0.717, 1.165) is 12.8 Å². The standard InChI is InChI=1S/C15H17NO6S/c17-14(22-13-7-10-21-15(13)18)11-3-5-12(6-4-11)23(19,20)16-8-1-2-9-16/h3-6,13H,1-2,7-10H2. The zero-order chi connectivity index (χ0) is 16.4. The van der Waals surface area contributed by atoms with E-state index in [2.05, 4.69) is 0 Å². The first-order valence-electron chi connectivity index (χ1n) is 7.46. The van der Waals surface area contributed by atoms with Crippen molar-refractivity contribution in [3.63, 3.8) is 0 Å². The van der Waals surface area contributed by atoms with Gasteiger partial charge in [-0.2, -0.15) is 4.31 Å². The van der Waals surface area contributed by atoms with Crippen molar-refractivity contribution in [1.29, 1.82) is 0 Å². The minimum Gasteiger partial charge on any atom is -0.463 e. The molecule has 1 aromatic rings. The van der Waals surface area contributed by atoms with Crippen LogP contribution in [0.2, 0.25) is 0 Å². The summed E-state index contributed by atoms with van der Waals surface area (Å²) < 4.78 is 36.0. The van der Waals surface area contributed by atoms with Crippen LogP contribution in [0.5, 0.6) is 0 Å². The minimum atomic E-state index is -3.51. The molecule has 0 bridgehead atoms. The van der Waals surface area contributed by atoms with Crippen molar-refractivity contribution in [2.45, 2.75) is 30.3 Å². The molecular formula is C15H17NO6S. The summed E-state index contributed by atoms with van der Waals surface area (Å²) in [5, 5.41) is 0. The highest BCUT2D eigenvalue weighted by molar-refractivity contribution is 7.89. The van der Waals surface area contributed by atoms with Crippen LogP contribution in [-0.2, 0) is 24.3 Å². The van der Waals surface area contributed by atoms with Gasteiger partial charge in [-0.05, 0) is 37.1 Å². The molecule has 1 atom stereocenters. The van der Waals surface area contributed by atoms with Gasteiger partial charge in [0, 0.05) is 19.5 Å². The number of carbonyl (C=O) groups is 2. The molecule has 0 spiro atoms. The Morgan fingerprint density at radius 1 is 1.17 bits per heavy atom. The van der Waals surface area contributed by atoms with E-state index >= 15 is 0 Å². The summed E-state index contributed by atoms with van der Waals surface area (Å²) >= 11 is 0. The largest absolute Gasteiger partial charge is 0.463 e. The average Bonchev–Trinajstić information content (AvgIpc) is 3.20. The van der Waals surface area contributed by atoms with Crippen molar-refractivity contribution in [3.05, 3.63) is 29.8 Å². The third-order valence-corrected chi connectivity index (χ3v) is 5.84. The van der Waals surface area contributed by atoms with Crippen LogP contribution in [0.15, 0.2) is 29.2 Å². The number of esters is 2. The zero-order valence-electron chi connectivity index (χ0n) is 12.4. The van der Waals surface area contributed by atoms with Gasteiger partial charge in [-0.1, -0.05) is 0 Å². The van der Waals surface area contributed by atoms with Gasteiger partial charge in [0.1, 0.15) is 0 Å². The minimum absolute atomic E-state index is 0.149. The summed E-state index contributed by atoms with van der Waals surface area (Å²) in [5.41, 5.74) is 0.199. The van der Waals surface area contributed by atoms with Crippen LogP contribution >= 0.6 is 0 Å². The molecule has 0 N–H and O–H groups in total. The van der Waals surface area contributed by atoms with E-state index in [1.54, 1.807) is 0 Å². The highest BCUT2D eigenvalue weighted by Gasteiger charge is 2.31. The number of hydrogen-bond acceptors (Lipinski definition) is 6. The monoisotopic (exact) mass is 339 g/mol. The number of ether oxygens (including phenoxy) is 2. The fourth-order valence-corrected chi connectivity index (χ4v) is 4.14. The van der Waals surface area contributed by atoms with Crippen LogP contribution in [0.25, 0.3) is 0 Å². The van der Waals surface area contributed by atoms with Crippen LogP contribution in [0.1, 0.15) is 29.6 Å².